The fraction of sp³-hybridized carbons (Fsp3) is 0.200. The summed E-state index contributed by atoms with van der Waals surface area (Å²) < 4.78 is 0.815. The molecule has 0 aromatic carbocycles. The van der Waals surface area contributed by atoms with Crippen molar-refractivity contribution in [3.63, 3.8) is 0 Å². The zero-order valence-corrected chi connectivity index (χ0v) is 6.30. The third kappa shape index (κ3) is 0.910. The van der Waals surface area contributed by atoms with E-state index in [1.54, 1.807) is 0 Å². The van der Waals surface area contributed by atoms with Crippen molar-refractivity contribution in [2.75, 3.05) is 0 Å². The summed E-state index contributed by atoms with van der Waals surface area (Å²) in [6, 6.07) is 0. The topological polar surface area (TPSA) is 0 Å². The molecule has 0 aliphatic heterocycles. The van der Waals surface area contributed by atoms with Crippen molar-refractivity contribution in [2.45, 2.75) is 3.63 Å². The molecule has 0 aromatic rings. The van der Waals surface area contributed by atoms with Crippen molar-refractivity contribution in [3.05, 3.63) is 24.3 Å². The Balaban J connectivity index is 2.60. The molecule has 0 saturated carbocycles. The molecule has 0 saturated heterocycles. The summed E-state index contributed by atoms with van der Waals surface area (Å²) in [5, 5.41) is 0. The molecule has 1 aliphatic carbocycles. The Morgan fingerprint density at radius 1 is 1.17 bits per heavy atom. The van der Waals surface area contributed by atoms with E-state index in [9.17, 15) is 0 Å². The Morgan fingerprint density at radius 3 is 1.83 bits per heavy atom. The van der Waals surface area contributed by atoms with Gasteiger partial charge in [-0.2, -0.15) is 0 Å². The van der Waals surface area contributed by atoms with Gasteiger partial charge in [0.25, 0.3) is 0 Å². The number of rotatable bonds is 0. The molecule has 0 bridgehead atoms. The Bertz CT molecular complexity index is 80.1. The first kappa shape index (κ1) is 4.52. The summed E-state index contributed by atoms with van der Waals surface area (Å²) in [7, 11) is 0. The number of hydrogen-bond donors (Lipinski definition) is 0. The van der Waals surface area contributed by atoms with Crippen molar-refractivity contribution in [3.8, 4) is 0 Å². The van der Waals surface area contributed by atoms with Gasteiger partial charge in [-0.25, -0.2) is 0 Å². The molecule has 1 heteroatoms. The van der Waals surface area contributed by atoms with Gasteiger partial charge in [-0.3, -0.25) is 0 Å². The number of hydrogen-bond acceptors (Lipinski definition) is 0. The first-order valence-electron chi connectivity index (χ1n) is 2.00. The summed E-state index contributed by atoms with van der Waals surface area (Å²) in [5.41, 5.74) is 0. The average molecular weight is 157 g/mol. The van der Waals surface area contributed by atoms with E-state index in [4.69, 9.17) is 0 Å². The fourth-order valence-electron chi connectivity index (χ4n) is 0.449. The Labute approximate surface area is 52.8 Å². The van der Waals surface area contributed by atoms with Crippen molar-refractivity contribution >= 4 is 0 Å². The number of allylic oxidation sites excluding steroid dienone is 4. The summed E-state index contributed by atoms with van der Waals surface area (Å²) in [6.07, 6.45) is 8.66. The van der Waals surface area contributed by atoms with Crippen LogP contribution in [0.1, 0.15) is 0 Å². The van der Waals surface area contributed by atoms with Gasteiger partial charge in [0.1, 0.15) is 0 Å². The fourth-order valence-corrected chi connectivity index (χ4v) is 1.08. The van der Waals surface area contributed by atoms with Crippen LogP contribution in [0.2, 0.25) is 3.63 Å². The molecule has 0 nitrogen and oxygen atoms in total. The normalized spacial score (nSPS) is 20.0. The second kappa shape index (κ2) is 1.88. The minimum atomic E-state index is 0.815. The summed E-state index contributed by atoms with van der Waals surface area (Å²) >= 11 is 1.34. The predicted molar refractivity (Wildman–Crippen MR) is 23.4 cm³/mol. The Hall–Kier alpha value is 0.363. The summed E-state index contributed by atoms with van der Waals surface area (Å²) in [6.45, 7) is 0. The minimum absolute atomic E-state index is 0.815. The van der Waals surface area contributed by atoms with Crippen LogP contribution in [0, 0.1) is 0 Å². The van der Waals surface area contributed by atoms with Crippen molar-refractivity contribution < 1.29 is 24.7 Å². The molecule has 0 aromatic heterocycles. The average Bonchev–Trinajstić information content (AvgIpc) is 1.86. The SMILES string of the molecule is [ZrH][CH]1C=CC=C1. The third-order valence-corrected chi connectivity index (χ3v) is 1.87. The van der Waals surface area contributed by atoms with Crippen LogP contribution in [0.5, 0.6) is 0 Å². The van der Waals surface area contributed by atoms with E-state index in [2.05, 4.69) is 24.3 Å². The molecule has 1 aliphatic rings. The standard InChI is InChI=1S/C5H5.Zr.H/c1-2-4-5-3-1;;/h1-5H;;. The van der Waals surface area contributed by atoms with Gasteiger partial charge < -0.3 is 0 Å². The van der Waals surface area contributed by atoms with Gasteiger partial charge >= 0.3 is 52.6 Å². The first-order valence-corrected chi connectivity index (χ1v) is 3.64. The van der Waals surface area contributed by atoms with Gasteiger partial charge in [0.05, 0.1) is 0 Å². The molecule has 0 radical (unpaired) electrons. The van der Waals surface area contributed by atoms with Crippen LogP contribution in [-0.4, -0.2) is 0 Å². The molecule has 6 heavy (non-hydrogen) atoms. The van der Waals surface area contributed by atoms with Crippen LogP contribution in [0.4, 0.5) is 0 Å². The van der Waals surface area contributed by atoms with Crippen molar-refractivity contribution in [2.24, 2.45) is 0 Å². The van der Waals surface area contributed by atoms with Crippen molar-refractivity contribution in [1.29, 1.82) is 0 Å². The van der Waals surface area contributed by atoms with E-state index >= 15 is 0 Å². The van der Waals surface area contributed by atoms with Gasteiger partial charge in [-0.05, 0) is 0 Å². The maximum absolute atomic E-state index is 2.22. The monoisotopic (exact) mass is 156 g/mol. The quantitative estimate of drug-likeness (QED) is 0.495. The molecule has 0 unspecified atom stereocenters. The predicted octanol–water partition coefficient (Wildman–Crippen LogP) is 1.18. The molecule has 0 atom stereocenters. The van der Waals surface area contributed by atoms with Crippen LogP contribution in [0.15, 0.2) is 24.3 Å². The van der Waals surface area contributed by atoms with E-state index in [1.165, 1.54) is 24.7 Å². The van der Waals surface area contributed by atoms with Crippen LogP contribution in [-0.2, 0) is 24.7 Å². The zero-order chi connectivity index (χ0) is 4.41. The van der Waals surface area contributed by atoms with Gasteiger partial charge in [0.15, 0.2) is 0 Å². The Kier molecular flexibility index (Phi) is 1.42. The Morgan fingerprint density at radius 2 is 1.67 bits per heavy atom. The third-order valence-electron chi connectivity index (χ3n) is 0.778. The van der Waals surface area contributed by atoms with Gasteiger partial charge in [-0.1, -0.05) is 0 Å². The van der Waals surface area contributed by atoms with E-state index in [1.807, 2.05) is 0 Å². The van der Waals surface area contributed by atoms with Crippen molar-refractivity contribution in [1.82, 2.24) is 0 Å². The zero-order valence-electron chi connectivity index (χ0n) is 3.46. The van der Waals surface area contributed by atoms with E-state index in [0.29, 0.717) is 0 Å². The molecule has 0 fully saturated rings. The summed E-state index contributed by atoms with van der Waals surface area (Å²) in [5.74, 6) is 0. The molecule has 1 rings (SSSR count). The maximum atomic E-state index is 2.22. The second-order valence-corrected chi connectivity index (χ2v) is 3.24. The van der Waals surface area contributed by atoms with E-state index in [-0.39, 0.29) is 0 Å². The van der Waals surface area contributed by atoms with Gasteiger partial charge in [0, 0.05) is 0 Å². The first-order chi connectivity index (χ1) is 2.89. The van der Waals surface area contributed by atoms with E-state index < -0.39 is 0 Å². The molecule has 30 valence electrons. The molecular formula is C5H6Zr. The van der Waals surface area contributed by atoms with E-state index in [0.717, 1.165) is 3.63 Å². The molecule has 0 spiro atoms. The van der Waals surface area contributed by atoms with Crippen LogP contribution in [0.3, 0.4) is 0 Å². The molecule has 0 N–H and O–H groups in total. The van der Waals surface area contributed by atoms with Crippen LogP contribution < -0.4 is 0 Å². The van der Waals surface area contributed by atoms with Gasteiger partial charge in [0.2, 0.25) is 0 Å². The molecule has 0 amide bonds. The van der Waals surface area contributed by atoms with Crippen LogP contribution in [0.25, 0.3) is 0 Å². The van der Waals surface area contributed by atoms with Crippen LogP contribution >= 0.6 is 0 Å². The second-order valence-electron chi connectivity index (χ2n) is 1.35. The molecule has 0 heterocycles. The summed E-state index contributed by atoms with van der Waals surface area (Å²) in [4.78, 5) is 0. The molecular weight excluding hydrogens is 151 g/mol. The van der Waals surface area contributed by atoms with Gasteiger partial charge in [-0.15, -0.1) is 0 Å².